The number of rotatable bonds is 11. The number of hydrogen-bond acceptors (Lipinski definition) is 2. The van der Waals surface area contributed by atoms with E-state index in [4.69, 9.17) is 11.6 Å². The zero-order valence-electron chi connectivity index (χ0n) is 22.5. The minimum atomic E-state index is -0.593. The first-order chi connectivity index (χ1) is 18.4. The molecular weight excluding hydrogens is 492 g/mol. The zero-order valence-corrected chi connectivity index (χ0v) is 23.3. The molecule has 1 saturated carbocycles. The fourth-order valence-electron chi connectivity index (χ4n) is 5.17. The summed E-state index contributed by atoms with van der Waals surface area (Å²) in [6.45, 7) is 4.71. The molecule has 0 saturated heterocycles. The van der Waals surface area contributed by atoms with Gasteiger partial charge in [-0.25, -0.2) is 0 Å². The first-order valence-corrected chi connectivity index (χ1v) is 14.2. The van der Waals surface area contributed by atoms with Gasteiger partial charge in [0.1, 0.15) is 6.04 Å². The monoisotopic (exact) mass is 530 g/mol. The van der Waals surface area contributed by atoms with Gasteiger partial charge in [0, 0.05) is 30.5 Å². The normalized spacial score (nSPS) is 14.4. The number of hydrogen-bond donors (Lipinski definition) is 1. The topological polar surface area (TPSA) is 49.4 Å². The number of halogens is 1. The number of nitrogens with zero attached hydrogens (tertiary/aromatic N) is 1. The van der Waals surface area contributed by atoms with Gasteiger partial charge >= 0.3 is 0 Å². The third kappa shape index (κ3) is 7.94. The molecule has 200 valence electrons. The lowest BCUT2D eigenvalue weighted by Gasteiger charge is -2.32. The Balaban J connectivity index is 1.58. The Bertz CT molecular complexity index is 1170. The summed E-state index contributed by atoms with van der Waals surface area (Å²) in [7, 11) is 0. The Morgan fingerprint density at radius 1 is 0.868 bits per heavy atom. The molecule has 0 spiro atoms. The predicted molar refractivity (Wildman–Crippen MR) is 155 cm³/mol. The average molecular weight is 531 g/mol. The molecule has 0 radical (unpaired) electrons. The van der Waals surface area contributed by atoms with E-state index in [9.17, 15) is 9.59 Å². The third-order valence-electron chi connectivity index (χ3n) is 7.51. The molecule has 1 atom stereocenters. The van der Waals surface area contributed by atoms with E-state index in [2.05, 4.69) is 43.4 Å². The molecule has 38 heavy (non-hydrogen) atoms. The minimum absolute atomic E-state index is 0.0182. The van der Waals surface area contributed by atoms with Crippen molar-refractivity contribution in [2.24, 2.45) is 0 Å². The molecule has 1 N–H and O–H groups in total. The molecule has 4 rings (SSSR count). The molecule has 0 heterocycles. The van der Waals surface area contributed by atoms with Crippen LogP contribution in [0, 0.1) is 0 Å². The van der Waals surface area contributed by atoms with E-state index in [0.29, 0.717) is 36.7 Å². The SMILES string of the molecule is CC(C)c1ccc(CCC(=O)N(Cc2ccc(Cl)cc2)[C@@H](Cc2ccccc2)C(=O)NC2CCCC2)cc1. The first kappa shape index (κ1) is 27.9. The van der Waals surface area contributed by atoms with Crippen molar-refractivity contribution in [2.45, 2.75) is 83.3 Å². The summed E-state index contributed by atoms with van der Waals surface area (Å²) < 4.78 is 0. The van der Waals surface area contributed by atoms with Gasteiger partial charge in [-0.15, -0.1) is 0 Å². The standard InChI is InChI=1S/C33H39ClN2O2/c1-24(2)28-17-12-25(13-18-28)16-21-32(37)36(23-27-14-19-29(34)20-15-27)31(22-26-8-4-3-5-9-26)33(38)35-30-10-6-7-11-30/h3-5,8-9,12-15,17-20,24,30-31H,6-7,10-11,16,21-23H2,1-2H3,(H,35,38)/t31-/m0/s1. The highest BCUT2D eigenvalue weighted by Gasteiger charge is 2.32. The summed E-state index contributed by atoms with van der Waals surface area (Å²) in [6.07, 6.45) is 5.73. The van der Waals surface area contributed by atoms with Gasteiger partial charge in [0.25, 0.3) is 0 Å². The van der Waals surface area contributed by atoms with Gasteiger partial charge < -0.3 is 10.2 Å². The van der Waals surface area contributed by atoms with Gasteiger partial charge in [0.15, 0.2) is 0 Å². The summed E-state index contributed by atoms with van der Waals surface area (Å²) in [5, 5.41) is 3.92. The Hall–Kier alpha value is -3.11. The van der Waals surface area contributed by atoms with Crippen molar-refractivity contribution in [3.63, 3.8) is 0 Å². The lowest BCUT2D eigenvalue weighted by atomic mass is 9.99. The molecule has 1 fully saturated rings. The number of benzene rings is 3. The molecule has 0 aromatic heterocycles. The van der Waals surface area contributed by atoms with Crippen LogP contribution in [-0.4, -0.2) is 28.8 Å². The molecule has 1 aliphatic carbocycles. The van der Waals surface area contributed by atoms with Crippen molar-refractivity contribution >= 4 is 23.4 Å². The maximum atomic E-state index is 13.9. The van der Waals surface area contributed by atoms with Crippen molar-refractivity contribution in [2.75, 3.05) is 0 Å². The van der Waals surface area contributed by atoms with Crippen molar-refractivity contribution < 1.29 is 9.59 Å². The van der Waals surface area contributed by atoms with Crippen LogP contribution in [0.3, 0.4) is 0 Å². The molecule has 0 bridgehead atoms. The number of amides is 2. The summed E-state index contributed by atoms with van der Waals surface area (Å²) in [6, 6.07) is 25.6. The lowest BCUT2D eigenvalue weighted by Crippen LogP contribution is -2.52. The summed E-state index contributed by atoms with van der Waals surface area (Å²) in [5.74, 6) is 0.386. The van der Waals surface area contributed by atoms with Crippen LogP contribution < -0.4 is 5.32 Å². The van der Waals surface area contributed by atoms with E-state index in [1.807, 2.05) is 54.6 Å². The summed E-state index contributed by atoms with van der Waals surface area (Å²) in [4.78, 5) is 29.4. The highest BCUT2D eigenvalue weighted by atomic mass is 35.5. The third-order valence-corrected chi connectivity index (χ3v) is 7.76. The molecule has 2 amide bonds. The largest absolute Gasteiger partial charge is 0.352 e. The van der Waals surface area contributed by atoms with Crippen LogP contribution in [0.25, 0.3) is 0 Å². The Kier molecular flexibility index (Phi) is 10.0. The van der Waals surface area contributed by atoms with Gasteiger partial charge in [-0.2, -0.15) is 0 Å². The fourth-order valence-corrected chi connectivity index (χ4v) is 5.30. The maximum absolute atomic E-state index is 13.9. The molecular formula is C33H39ClN2O2. The molecule has 4 nitrogen and oxygen atoms in total. The maximum Gasteiger partial charge on any atom is 0.243 e. The predicted octanol–water partition coefficient (Wildman–Crippen LogP) is 7.09. The second-order valence-corrected chi connectivity index (χ2v) is 11.2. The number of nitrogens with one attached hydrogen (secondary N) is 1. The van der Waals surface area contributed by atoms with E-state index < -0.39 is 6.04 Å². The van der Waals surface area contributed by atoms with Crippen LogP contribution in [-0.2, 0) is 29.0 Å². The average Bonchev–Trinajstić information content (AvgIpc) is 3.44. The molecule has 5 heteroatoms. The van der Waals surface area contributed by atoms with Crippen LogP contribution in [0.15, 0.2) is 78.9 Å². The molecule has 0 aliphatic heterocycles. The highest BCUT2D eigenvalue weighted by molar-refractivity contribution is 6.30. The van der Waals surface area contributed by atoms with Gasteiger partial charge in [-0.1, -0.05) is 105 Å². The second kappa shape index (κ2) is 13.6. The minimum Gasteiger partial charge on any atom is -0.352 e. The molecule has 3 aromatic carbocycles. The van der Waals surface area contributed by atoms with Crippen molar-refractivity contribution in [3.05, 3.63) is 106 Å². The number of carbonyl (C=O) groups excluding carboxylic acids is 2. The Morgan fingerprint density at radius 3 is 2.13 bits per heavy atom. The van der Waals surface area contributed by atoms with Gasteiger partial charge in [-0.05, 0) is 59.6 Å². The van der Waals surface area contributed by atoms with Crippen molar-refractivity contribution in [1.29, 1.82) is 0 Å². The Labute approximate surface area is 232 Å². The van der Waals surface area contributed by atoms with E-state index in [1.54, 1.807) is 4.90 Å². The van der Waals surface area contributed by atoms with Gasteiger partial charge in [0.2, 0.25) is 11.8 Å². The van der Waals surface area contributed by atoms with E-state index in [-0.39, 0.29) is 17.9 Å². The van der Waals surface area contributed by atoms with Crippen LogP contribution in [0.5, 0.6) is 0 Å². The highest BCUT2D eigenvalue weighted by Crippen LogP contribution is 2.22. The fraction of sp³-hybridized carbons (Fsp3) is 0.394. The quantitative estimate of drug-likeness (QED) is 0.287. The van der Waals surface area contributed by atoms with Crippen molar-refractivity contribution in [1.82, 2.24) is 10.2 Å². The second-order valence-electron chi connectivity index (χ2n) is 10.7. The first-order valence-electron chi connectivity index (χ1n) is 13.9. The van der Waals surface area contributed by atoms with Crippen LogP contribution in [0.1, 0.15) is 74.1 Å². The lowest BCUT2D eigenvalue weighted by molar-refractivity contribution is -0.141. The van der Waals surface area contributed by atoms with E-state index >= 15 is 0 Å². The summed E-state index contributed by atoms with van der Waals surface area (Å²) >= 11 is 6.13. The van der Waals surface area contributed by atoms with Crippen LogP contribution in [0.2, 0.25) is 5.02 Å². The number of carbonyl (C=O) groups is 2. The van der Waals surface area contributed by atoms with E-state index in [1.165, 1.54) is 5.56 Å². The van der Waals surface area contributed by atoms with Gasteiger partial charge in [0.05, 0.1) is 0 Å². The smallest absolute Gasteiger partial charge is 0.243 e. The number of aryl methyl sites for hydroxylation is 1. The van der Waals surface area contributed by atoms with E-state index in [0.717, 1.165) is 42.4 Å². The van der Waals surface area contributed by atoms with Crippen molar-refractivity contribution in [3.8, 4) is 0 Å². The van der Waals surface area contributed by atoms with Gasteiger partial charge in [-0.3, -0.25) is 9.59 Å². The Morgan fingerprint density at radius 2 is 1.50 bits per heavy atom. The van der Waals surface area contributed by atoms with Crippen LogP contribution in [0.4, 0.5) is 0 Å². The van der Waals surface area contributed by atoms with Crippen LogP contribution >= 0.6 is 11.6 Å². The molecule has 1 aliphatic rings. The molecule has 0 unspecified atom stereocenters. The molecule has 3 aromatic rings. The zero-order chi connectivity index (χ0) is 26.9. The summed E-state index contributed by atoms with van der Waals surface area (Å²) in [5.41, 5.74) is 4.41.